The van der Waals surface area contributed by atoms with Gasteiger partial charge in [-0.1, -0.05) is 0 Å². The number of rotatable bonds is 6. The SMILES string of the molecule is CC(C)(C)OC(=O)NC(CNC(=O)CCl)C(=O)N1CCCC1C(N)=O. The first-order valence-electron chi connectivity index (χ1n) is 7.97. The molecular formula is C15H25ClN4O5. The number of likely N-dealkylation sites (tertiary alicyclic amines) is 1. The van der Waals surface area contributed by atoms with Crippen molar-refractivity contribution in [3.05, 3.63) is 0 Å². The van der Waals surface area contributed by atoms with Gasteiger partial charge >= 0.3 is 6.09 Å². The molecule has 0 radical (unpaired) electrons. The van der Waals surface area contributed by atoms with Gasteiger partial charge in [-0.05, 0) is 33.6 Å². The summed E-state index contributed by atoms with van der Waals surface area (Å²) in [5, 5.41) is 4.87. The van der Waals surface area contributed by atoms with Gasteiger partial charge in [-0.15, -0.1) is 11.6 Å². The zero-order chi connectivity index (χ0) is 19.2. The molecule has 1 fully saturated rings. The van der Waals surface area contributed by atoms with Crippen molar-refractivity contribution in [2.45, 2.75) is 51.3 Å². The lowest BCUT2D eigenvalue weighted by molar-refractivity contribution is -0.139. The molecule has 0 saturated carbocycles. The Hall–Kier alpha value is -2.03. The lowest BCUT2D eigenvalue weighted by Gasteiger charge is -2.28. The van der Waals surface area contributed by atoms with Crippen LogP contribution in [0.2, 0.25) is 0 Å². The van der Waals surface area contributed by atoms with E-state index in [2.05, 4.69) is 10.6 Å². The number of nitrogens with two attached hydrogens (primary N) is 1. The molecule has 0 aromatic rings. The van der Waals surface area contributed by atoms with E-state index in [0.717, 1.165) is 0 Å². The third kappa shape index (κ3) is 6.77. The quantitative estimate of drug-likeness (QED) is 0.548. The molecule has 0 aromatic carbocycles. The number of carbonyl (C=O) groups excluding carboxylic acids is 4. The predicted molar refractivity (Wildman–Crippen MR) is 90.8 cm³/mol. The second kappa shape index (κ2) is 8.89. The standard InChI is InChI=1S/C15H25ClN4O5/c1-15(2,3)25-14(24)19-9(8-18-11(21)7-16)13(23)20-6-4-5-10(20)12(17)22/h9-10H,4-8H2,1-3H3,(H2,17,22)(H,18,21)(H,19,24). The molecule has 9 nitrogen and oxygen atoms in total. The Morgan fingerprint density at radius 2 is 1.96 bits per heavy atom. The number of hydrogen-bond donors (Lipinski definition) is 3. The van der Waals surface area contributed by atoms with E-state index in [0.29, 0.717) is 19.4 Å². The molecule has 1 heterocycles. The molecule has 1 aliphatic heterocycles. The Bertz CT molecular complexity index is 535. The Kier molecular flexibility index (Phi) is 7.47. The number of alkyl carbamates (subject to hydrolysis) is 1. The molecule has 1 saturated heterocycles. The highest BCUT2D eigenvalue weighted by Gasteiger charge is 2.37. The Labute approximate surface area is 151 Å². The average molecular weight is 377 g/mol. The highest BCUT2D eigenvalue weighted by atomic mass is 35.5. The van der Waals surface area contributed by atoms with Crippen molar-refractivity contribution in [1.29, 1.82) is 0 Å². The van der Waals surface area contributed by atoms with Gasteiger partial charge in [-0.25, -0.2) is 4.79 Å². The van der Waals surface area contributed by atoms with Gasteiger partial charge in [-0.3, -0.25) is 14.4 Å². The van der Waals surface area contributed by atoms with E-state index in [4.69, 9.17) is 22.1 Å². The molecule has 10 heteroatoms. The number of amides is 4. The van der Waals surface area contributed by atoms with Gasteiger partial charge in [-0.2, -0.15) is 0 Å². The first-order valence-corrected chi connectivity index (χ1v) is 8.50. The molecule has 25 heavy (non-hydrogen) atoms. The fourth-order valence-corrected chi connectivity index (χ4v) is 2.53. The van der Waals surface area contributed by atoms with Gasteiger partial charge < -0.3 is 26.0 Å². The summed E-state index contributed by atoms with van der Waals surface area (Å²) in [6.45, 7) is 5.22. The van der Waals surface area contributed by atoms with Gasteiger partial charge in [0.2, 0.25) is 17.7 Å². The summed E-state index contributed by atoms with van der Waals surface area (Å²) < 4.78 is 5.14. The number of carbonyl (C=O) groups is 4. The second-order valence-corrected chi connectivity index (χ2v) is 7.00. The van der Waals surface area contributed by atoms with Crippen LogP contribution in [0.15, 0.2) is 0 Å². The third-order valence-electron chi connectivity index (χ3n) is 3.48. The van der Waals surface area contributed by atoms with Crippen LogP contribution < -0.4 is 16.4 Å². The fourth-order valence-electron chi connectivity index (χ4n) is 2.44. The van der Waals surface area contributed by atoms with Crippen molar-refractivity contribution >= 4 is 35.4 Å². The van der Waals surface area contributed by atoms with Crippen LogP contribution >= 0.6 is 11.6 Å². The zero-order valence-corrected chi connectivity index (χ0v) is 15.4. The van der Waals surface area contributed by atoms with Crippen LogP contribution in [0.1, 0.15) is 33.6 Å². The zero-order valence-electron chi connectivity index (χ0n) is 14.6. The Balaban J connectivity index is 2.85. The minimum absolute atomic E-state index is 0.175. The lowest BCUT2D eigenvalue weighted by atomic mass is 10.2. The monoisotopic (exact) mass is 376 g/mol. The van der Waals surface area contributed by atoms with E-state index < -0.39 is 41.5 Å². The summed E-state index contributed by atoms with van der Waals surface area (Å²) in [5.41, 5.74) is 4.57. The summed E-state index contributed by atoms with van der Waals surface area (Å²) in [7, 11) is 0. The van der Waals surface area contributed by atoms with Crippen molar-refractivity contribution in [2.24, 2.45) is 5.73 Å². The lowest BCUT2D eigenvalue weighted by Crippen LogP contribution is -2.57. The molecule has 1 aliphatic rings. The van der Waals surface area contributed by atoms with Crippen LogP contribution in [-0.2, 0) is 19.1 Å². The number of nitrogens with zero attached hydrogens (tertiary/aromatic N) is 1. The highest BCUT2D eigenvalue weighted by molar-refractivity contribution is 6.27. The number of primary amides is 1. The molecule has 4 amide bonds. The summed E-state index contributed by atoms with van der Waals surface area (Å²) in [5.74, 6) is -1.88. The van der Waals surface area contributed by atoms with E-state index >= 15 is 0 Å². The molecule has 0 bridgehead atoms. The molecule has 0 aromatic heterocycles. The van der Waals surface area contributed by atoms with Crippen LogP contribution in [-0.4, -0.2) is 65.4 Å². The molecule has 1 rings (SSSR count). The topological polar surface area (TPSA) is 131 Å². The summed E-state index contributed by atoms with van der Waals surface area (Å²) in [6, 6.07) is -1.82. The van der Waals surface area contributed by atoms with Crippen LogP contribution in [0.4, 0.5) is 4.79 Å². The number of halogens is 1. The number of nitrogens with one attached hydrogen (secondary N) is 2. The van der Waals surface area contributed by atoms with E-state index in [-0.39, 0.29) is 12.4 Å². The molecule has 4 N–H and O–H groups in total. The van der Waals surface area contributed by atoms with Crippen molar-refractivity contribution in [2.75, 3.05) is 19.0 Å². The fraction of sp³-hybridized carbons (Fsp3) is 0.733. The van der Waals surface area contributed by atoms with Gasteiger partial charge in [0.1, 0.15) is 23.6 Å². The first kappa shape index (κ1) is 21.0. The number of alkyl halides is 1. The van der Waals surface area contributed by atoms with Gasteiger partial charge in [0.15, 0.2) is 0 Å². The summed E-state index contributed by atoms with van der Waals surface area (Å²) in [4.78, 5) is 48.9. The smallest absolute Gasteiger partial charge is 0.408 e. The van der Waals surface area contributed by atoms with Crippen molar-refractivity contribution in [3.63, 3.8) is 0 Å². The number of hydrogen-bond acceptors (Lipinski definition) is 5. The van der Waals surface area contributed by atoms with E-state index in [1.165, 1.54) is 4.90 Å². The molecule has 2 unspecified atom stereocenters. The van der Waals surface area contributed by atoms with Crippen LogP contribution in [0.5, 0.6) is 0 Å². The minimum atomic E-state index is -1.10. The van der Waals surface area contributed by atoms with Crippen molar-refractivity contribution < 1.29 is 23.9 Å². The van der Waals surface area contributed by atoms with E-state index in [9.17, 15) is 19.2 Å². The van der Waals surface area contributed by atoms with Crippen molar-refractivity contribution in [3.8, 4) is 0 Å². The molecule has 0 aliphatic carbocycles. The maximum absolute atomic E-state index is 12.7. The average Bonchev–Trinajstić information content (AvgIpc) is 2.98. The molecule has 142 valence electrons. The predicted octanol–water partition coefficient (Wildman–Crippen LogP) is -0.289. The van der Waals surface area contributed by atoms with Crippen LogP contribution in [0.25, 0.3) is 0 Å². The first-order chi connectivity index (χ1) is 11.5. The van der Waals surface area contributed by atoms with Gasteiger partial charge in [0.05, 0.1) is 0 Å². The maximum Gasteiger partial charge on any atom is 0.408 e. The highest BCUT2D eigenvalue weighted by Crippen LogP contribution is 2.18. The summed E-state index contributed by atoms with van der Waals surface area (Å²) >= 11 is 5.42. The van der Waals surface area contributed by atoms with E-state index in [1.54, 1.807) is 20.8 Å². The Morgan fingerprint density at radius 3 is 2.48 bits per heavy atom. The third-order valence-corrected chi connectivity index (χ3v) is 3.72. The molecule has 2 atom stereocenters. The van der Waals surface area contributed by atoms with Gasteiger partial charge in [0, 0.05) is 13.1 Å². The molecular weight excluding hydrogens is 352 g/mol. The van der Waals surface area contributed by atoms with Crippen LogP contribution in [0, 0.1) is 0 Å². The van der Waals surface area contributed by atoms with Crippen molar-refractivity contribution in [1.82, 2.24) is 15.5 Å². The second-order valence-electron chi connectivity index (χ2n) is 6.73. The van der Waals surface area contributed by atoms with Crippen LogP contribution in [0.3, 0.4) is 0 Å². The molecule has 0 spiro atoms. The number of ether oxygens (including phenoxy) is 1. The summed E-state index contributed by atoms with van der Waals surface area (Å²) in [6.07, 6.45) is 0.293. The van der Waals surface area contributed by atoms with Gasteiger partial charge in [0.25, 0.3) is 0 Å². The van der Waals surface area contributed by atoms with E-state index in [1.807, 2.05) is 0 Å². The maximum atomic E-state index is 12.7. The minimum Gasteiger partial charge on any atom is -0.444 e. The largest absolute Gasteiger partial charge is 0.444 e. The Morgan fingerprint density at radius 1 is 1.32 bits per heavy atom. The normalized spacial score (nSPS) is 18.4.